The first-order valence-corrected chi connectivity index (χ1v) is 9.34. The van der Waals surface area contributed by atoms with E-state index >= 15 is 0 Å². The first kappa shape index (κ1) is 21.0. The molecule has 0 aromatic rings. The number of amides is 2. The van der Waals surface area contributed by atoms with Crippen LogP contribution < -0.4 is 0 Å². The molecule has 0 spiro atoms. The zero-order valence-electron chi connectivity index (χ0n) is 15.8. The molecule has 0 aromatic heterocycles. The van der Waals surface area contributed by atoms with Crippen molar-refractivity contribution in [3.8, 4) is 0 Å². The molecule has 2 amide bonds. The summed E-state index contributed by atoms with van der Waals surface area (Å²) in [5, 5.41) is 0. The Morgan fingerprint density at radius 2 is 0.885 bits per heavy atom. The molecule has 0 N–H and O–H groups in total. The predicted octanol–water partition coefficient (Wildman–Crippen LogP) is 3.84. The van der Waals surface area contributed by atoms with E-state index in [1.54, 1.807) is 27.7 Å². The molecule has 4 atom stereocenters. The Bertz CT molecular complexity index is 487. The molecule has 0 aliphatic carbocycles. The Morgan fingerprint density at radius 1 is 0.654 bits per heavy atom. The Hall–Kier alpha value is -1.34. The second-order valence-electron chi connectivity index (χ2n) is 7.83. The summed E-state index contributed by atoms with van der Waals surface area (Å²) < 4.78 is 58.4. The SMILES string of the molecule is CC1CCCC(C)N1C(=O)C(F)(F)C(F)(F)C(=O)N1C(C)CCCC1C. The number of alkyl halides is 4. The normalized spacial score (nSPS) is 31.1. The van der Waals surface area contributed by atoms with E-state index in [-0.39, 0.29) is 0 Å². The van der Waals surface area contributed by atoms with Gasteiger partial charge in [-0.2, -0.15) is 17.6 Å². The fourth-order valence-corrected chi connectivity index (χ4v) is 4.24. The highest BCUT2D eigenvalue weighted by Crippen LogP contribution is 2.41. The van der Waals surface area contributed by atoms with E-state index in [1.807, 2.05) is 0 Å². The van der Waals surface area contributed by atoms with Gasteiger partial charge in [-0.15, -0.1) is 0 Å². The number of hydrogen-bond acceptors (Lipinski definition) is 2. The summed E-state index contributed by atoms with van der Waals surface area (Å²) in [6.45, 7) is 6.27. The fraction of sp³-hybridized carbons (Fsp3) is 0.889. The number of hydrogen-bond donors (Lipinski definition) is 0. The minimum Gasteiger partial charge on any atom is -0.332 e. The third-order valence-corrected chi connectivity index (χ3v) is 5.79. The highest BCUT2D eigenvalue weighted by atomic mass is 19.3. The van der Waals surface area contributed by atoms with Crippen LogP contribution in [0.4, 0.5) is 17.6 Å². The van der Waals surface area contributed by atoms with E-state index in [0.717, 1.165) is 22.6 Å². The Labute approximate surface area is 151 Å². The Kier molecular flexibility index (Phi) is 5.93. The highest BCUT2D eigenvalue weighted by molar-refractivity contribution is 5.95. The van der Waals surface area contributed by atoms with Crippen molar-refractivity contribution in [1.29, 1.82) is 0 Å². The number of nitrogens with zero attached hydrogens (tertiary/aromatic N) is 2. The molecule has 2 fully saturated rings. The lowest BCUT2D eigenvalue weighted by Crippen LogP contribution is -2.65. The van der Waals surface area contributed by atoms with Gasteiger partial charge in [-0.1, -0.05) is 0 Å². The first-order chi connectivity index (χ1) is 11.9. The van der Waals surface area contributed by atoms with Gasteiger partial charge in [0.1, 0.15) is 0 Å². The topological polar surface area (TPSA) is 40.6 Å². The van der Waals surface area contributed by atoms with Crippen molar-refractivity contribution in [1.82, 2.24) is 9.80 Å². The summed E-state index contributed by atoms with van der Waals surface area (Å²) in [5.41, 5.74) is 0. The summed E-state index contributed by atoms with van der Waals surface area (Å²) in [5.74, 6) is -14.0. The van der Waals surface area contributed by atoms with E-state index in [0.29, 0.717) is 25.7 Å². The van der Waals surface area contributed by atoms with E-state index < -0.39 is 47.8 Å². The summed E-state index contributed by atoms with van der Waals surface area (Å²) in [6.07, 6.45) is 3.40. The average molecular weight is 380 g/mol. The molecule has 0 radical (unpaired) electrons. The van der Waals surface area contributed by atoms with Crippen LogP contribution in [-0.4, -0.2) is 57.6 Å². The van der Waals surface area contributed by atoms with E-state index in [4.69, 9.17) is 0 Å². The third kappa shape index (κ3) is 3.43. The van der Waals surface area contributed by atoms with Crippen molar-refractivity contribution >= 4 is 11.8 Å². The van der Waals surface area contributed by atoms with Crippen LogP contribution in [0.25, 0.3) is 0 Å². The number of piperidine rings is 2. The van der Waals surface area contributed by atoms with Crippen molar-refractivity contribution in [3.05, 3.63) is 0 Å². The molecule has 0 aromatic carbocycles. The maximum absolute atomic E-state index is 14.6. The van der Waals surface area contributed by atoms with Gasteiger partial charge >= 0.3 is 23.7 Å². The molecule has 2 rings (SSSR count). The van der Waals surface area contributed by atoms with Gasteiger partial charge in [0.2, 0.25) is 0 Å². The van der Waals surface area contributed by atoms with Crippen LogP contribution in [0, 0.1) is 0 Å². The second kappa shape index (κ2) is 7.35. The van der Waals surface area contributed by atoms with Crippen molar-refractivity contribution in [2.45, 2.75) is 102 Å². The quantitative estimate of drug-likeness (QED) is 0.698. The molecule has 2 aliphatic rings. The highest BCUT2D eigenvalue weighted by Gasteiger charge is 2.69. The van der Waals surface area contributed by atoms with Crippen LogP contribution in [0.2, 0.25) is 0 Å². The molecule has 4 unspecified atom stereocenters. The number of carbonyl (C=O) groups is 2. The molecule has 2 saturated heterocycles. The molecule has 2 aliphatic heterocycles. The number of carbonyl (C=O) groups excluding carboxylic acids is 2. The average Bonchev–Trinajstić information content (AvgIpc) is 2.53. The molecular formula is C18H28F4N2O2. The van der Waals surface area contributed by atoms with Gasteiger partial charge in [-0.3, -0.25) is 9.59 Å². The number of likely N-dealkylation sites (tertiary alicyclic amines) is 2. The van der Waals surface area contributed by atoms with Crippen LogP contribution in [0.3, 0.4) is 0 Å². The Morgan fingerprint density at radius 3 is 1.12 bits per heavy atom. The first-order valence-electron chi connectivity index (χ1n) is 9.34. The predicted molar refractivity (Wildman–Crippen MR) is 89.1 cm³/mol. The summed E-state index contributed by atoms with van der Waals surface area (Å²) in [4.78, 5) is 26.4. The lowest BCUT2D eigenvalue weighted by atomic mass is 9.94. The van der Waals surface area contributed by atoms with Gasteiger partial charge in [0.15, 0.2) is 0 Å². The van der Waals surface area contributed by atoms with Gasteiger partial charge < -0.3 is 9.80 Å². The number of halogens is 4. The molecule has 8 heteroatoms. The van der Waals surface area contributed by atoms with Gasteiger partial charge in [0.25, 0.3) is 0 Å². The van der Waals surface area contributed by atoms with Gasteiger partial charge in [-0.25, -0.2) is 0 Å². The maximum atomic E-state index is 14.6. The van der Waals surface area contributed by atoms with E-state index in [9.17, 15) is 27.2 Å². The van der Waals surface area contributed by atoms with Crippen LogP contribution >= 0.6 is 0 Å². The van der Waals surface area contributed by atoms with Gasteiger partial charge in [-0.05, 0) is 66.2 Å². The van der Waals surface area contributed by atoms with Crippen molar-refractivity contribution in [3.63, 3.8) is 0 Å². The summed E-state index contributed by atoms with van der Waals surface area (Å²) in [6, 6.07) is -2.24. The van der Waals surface area contributed by atoms with Crippen LogP contribution in [-0.2, 0) is 9.59 Å². The van der Waals surface area contributed by atoms with Crippen molar-refractivity contribution in [2.24, 2.45) is 0 Å². The zero-order chi connectivity index (χ0) is 19.9. The molecule has 0 bridgehead atoms. The lowest BCUT2D eigenvalue weighted by molar-refractivity contribution is -0.229. The maximum Gasteiger partial charge on any atom is 0.395 e. The minimum atomic E-state index is -5.07. The summed E-state index contributed by atoms with van der Waals surface area (Å²) in [7, 11) is 0. The van der Waals surface area contributed by atoms with E-state index in [2.05, 4.69) is 0 Å². The van der Waals surface area contributed by atoms with Crippen LogP contribution in [0.5, 0.6) is 0 Å². The molecule has 0 saturated carbocycles. The molecule has 150 valence electrons. The third-order valence-electron chi connectivity index (χ3n) is 5.79. The van der Waals surface area contributed by atoms with Crippen LogP contribution in [0.15, 0.2) is 0 Å². The van der Waals surface area contributed by atoms with Crippen molar-refractivity contribution < 1.29 is 27.2 Å². The Balaban J connectivity index is 2.29. The zero-order valence-corrected chi connectivity index (χ0v) is 15.8. The van der Waals surface area contributed by atoms with Gasteiger partial charge in [0.05, 0.1) is 0 Å². The number of rotatable bonds is 3. The largest absolute Gasteiger partial charge is 0.395 e. The molecule has 4 nitrogen and oxygen atoms in total. The van der Waals surface area contributed by atoms with Crippen LogP contribution in [0.1, 0.15) is 66.2 Å². The second-order valence-corrected chi connectivity index (χ2v) is 7.83. The standard InChI is InChI=1S/C18H28F4N2O2/c1-11-7-5-8-12(2)23(11)15(25)17(19,20)18(21,22)16(26)24-13(3)9-6-10-14(24)4/h11-14H,5-10H2,1-4H3. The molecular weight excluding hydrogens is 352 g/mol. The lowest BCUT2D eigenvalue weighted by Gasteiger charge is -2.44. The molecule has 26 heavy (non-hydrogen) atoms. The fourth-order valence-electron chi connectivity index (χ4n) is 4.24. The summed E-state index contributed by atoms with van der Waals surface area (Å²) >= 11 is 0. The smallest absolute Gasteiger partial charge is 0.332 e. The van der Waals surface area contributed by atoms with E-state index in [1.165, 1.54) is 0 Å². The van der Waals surface area contributed by atoms with Crippen molar-refractivity contribution in [2.75, 3.05) is 0 Å². The van der Waals surface area contributed by atoms with Gasteiger partial charge in [0, 0.05) is 24.2 Å². The minimum absolute atomic E-state index is 0.478. The molecule has 2 heterocycles. The monoisotopic (exact) mass is 380 g/mol.